The third-order valence-corrected chi connectivity index (χ3v) is 12.1. The van der Waals surface area contributed by atoms with Gasteiger partial charge >= 0.3 is 0 Å². The lowest BCUT2D eigenvalue weighted by Gasteiger charge is -2.14. The highest BCUT2D eigenvalue weighted by molar-refractivity contribution is 6.26. The number of para-hydroxylation sites is 2. The van der Waals surface area contributed by atoms with Crippen molar-refractivity contribution in [2.75, 3.05) is 0 Å². The van der Waals surface area contributed by atoms with Crippen LogP contribution in [0.5, 0.6) is 0 Å². The fourth-order valence-corrected chi connectivity index (χ4v) is 9.46. The summed E-state index contributed by atoms with van der Waals surface area (Å²) in [6.45, 7) is 0. The van der Waals surface area contributed by atoms with E-state index in [0.717, 1.165) is 11.4 Å². The summed E-state index contributed by atoms with van der Waals surface area (Å²) in [6.07, 6.45) is 0. The molecule has 0 bridgehead atoms. The van der Waals surface area contributed by atoms with E-state index in [1.54, 1.807) is 0 Å². The Morgan fingerprint density at radius 1 is 0.224 bits per heavy atom. The molecular formula is C56H36N2. The molecule has 12 rings (SSSR count). The number of nitrogens with zero attached hydrogens (tertiary/aromatic N) is 2. The molecule has 0 radical (unpaired) electrons. The minimum absolute atomic E-state index is 1.14. The molecule has 12 aromatic rings. The lowest BCUT2D eigenvalue weighted by atomic mass is 9.90. The molecule has 270 valence electrons. The normalized spacial score (nSPS) is 11.8. The summed E-state index contributed by atoms with van der Waals surface area (Å²) in [5, 5.41) is 11.4. The fourth-order valence-electron chi connectivity index (χ4n) is 9.46. The molecule has 0 saturated carbocycles. The minimum atomic E-state index is 1.14. The first kappa shape index (κ1) is 32.6. The van der Waals surface area contributed by atoms with Gasteiger partial charge in [-0.15, -0.1) is 0 Å². The van der Waals surface area contributed by atoms with E-state index < -0.39 is 0 Å². The molecule has 10 aromatic carbocycles. The molecule has 58 heavy (non-hydrogen) atoms. The standard InChI is InChI=1S/C56H36N2/c1-4-15-37(16-5-1)40-27-29-46-47-30-28-41(35-51(47)45-24-11-10-23-44(45)50(46)34-40)39-19-14-22-43(33-39)58-53-26-13-12-25-48(53)49-31-32-54-52(56(49)58)36-55(38-17-6-2-7-18-38)57(54)42-20-8-3-9-21-42/h1-36H. The third kappa shape index (κ3) is 4.99. The molecule has 0 saturated heterocycles. The number of aromatic nitrogens is 2. The zero-order valence-corrected chi connectivity index (χ0v) is 31.7. The van der Waals surface area contributed by atoms with Gasteiger partial charge in [0.15, 0.2) is 0 Å². The number of fused-ring (bicyclic) bond motifs is 11. The Hall–Kier alpha value is -7.68. The Morgan fingerprint density at radius 2 is 0.707 bits per heavy atom. The molecule has 2 nitrogen and oxygen atoms in total. The summed E-state index contributed by atoms with van der Waals surface area (Å²) in [6, 6.07) is 80.0. The van der Waals surface area contributed by atoms with Crippen molar-refractivity contribution in [3.8, 4) is 44.9 Å². The zero-order chi connectivity index (χ0) is 38.2. The van der Waals surface area contributed by atoms with E-state index in [2.05, 4.69) is 228 Å². The summed E-state index contributed by atoms with van der Waals surface area (Å²) in [5.41, 5.74) is 13.1. The van der Waals surface area contributed by atoms with Crippen molar-refractivity contribution in [3.63, 3.8) is 0 Å². The van der Waals surface area contributed by atoms with Crippen LogP contribution in [0.2, 0.25) is 0 Å². The van der Waals surface area contributed by atoms with Gasteiger partial charge in [0.1, 0.15) is 0 Å². The topological polar surface area (TPSA) is 9.86 Å². The average molecular weight is 737 g/mol. The average Bonchev–Trinajstić information content (AvgIpc) is 3.86. The van der Waals surface area contributed by atoms with E-state index in [-0.39, 0.29) is 0 Å². The van der Waals surface area contributed by atoms with Crippen molar-refractivity contribution >= 4 is 65.0 Å². The fraction of sp³-hybridized carbons (Fsp3) is 0. The zero-order valence-electron chi connectivity index (χ0n) is 31.7. The summed E-state index contributed by atoms with van der Waals surface area (Å²) in [4.78, 5) is 0. The van der Waals surface area contributed by atoms with Gasteiger partial charge in [-0.2, -0.15) is 0 Å². The molecule has 0 amide bonds. The summed E-state index contributed by atoms with van der Waals surface area (Å²) < 4.78 is 4.89. The molecule has 0 fully saturated rings. The lowest BCUT2D eigenvalue weighted by molar-refractivity contribution is 1.13. The van der Waals surface area contributed by atoms with Crippen molar-refractivity contribution in [1.82, 2.24) is 9.13 Å². The van der Waals surface area contributed by atoms with Gasteiger partial charge in [-0.25, -0.2) is 0 Å². The monoisotopic (exact) mass is 736 g/mol. The second-order valence-electron chi connectivity index (χ2n) is 15.3. The molecule has 0 aliphatic carbocycles. The van der Waals surface area contributed by atoms with Gasteiger partial charge in [0.25, 0.3) is 0 Å². The molecule has 0 N–H and O–H groups in total. The summed E-state index contributed by atoms with van der Waals surface area (Å²) in [7, 11) is 0. The van der Waals surface area contributed by atoms with Crippen LogP contribution in [0.1, 0.15) is 0 Å². The quantitative estimate of drug-likeness (QED) is 0.156. The Balaban J connectivity index is 1.07. The summed E-state index contributed by atoms with van der Waals surface area (Å²) >= 11 is 0. The van der Waals surface area contributed by atoms with Crippen LogP contribution >= 0.6 is 0 Å². The van der Waals surface area contributed by atoms with Crippen LogP contribution in [0.3, 0.4) is 0 Å². The van der Waals surface area contributed by atoms with E-state index in [9.17, 15) is 0 Å². The molecule has 0 unspecified atom stereocenters. The van der Waals surface area contributed by atoms with E-state index >= 15 is 0 Å². The SMILES string of the molecule is c1ccc(-c2ccc3c4ccc(-c5cccc(-n6c7ccccc7c7ccc8c(cc(-c9ccccc9)n8-c8ccccc8)c76)c5)cc4c4ccccc4c3c2)cc1. The van der Waals surface area contributed by atoms with Crippen molar-refractivity contribution in [2.24, 2.45) is 0 Å². The molecular weight excluding hydrogens is 701 g/mol. The number of rotatable bonds is 5. The van der Waals surface area contributed by atoms with Crippen molar-refractivity contribution in [1.29, 1.82) is 0 Å². The first-order valence-electron chi connectivity index (χ1n) is 20.0. The van der Waals surface area contributed by atoms with Crippen LogP contribution in [0.4, 0.5) is 0 Å². The second-order valence-corrected chi connectivity index (χ2v) is 15.3. The number of hydrogen-bond acceptors (Lipinski definition) is 0. The molecule has 2 heteroatoms. The predicted octanol–water partition coefficient (Wildman–Crippen LogP) is 15.2. The Labute approximate surface area is 336 Å². The number of benzene rings is 10. The molecule has 0 aliphatic heterocycles. The molecule has 0 spiro atoms. The van der Waals surface area contributed by atoms with Gasteiger partial charge in [0.05, 0.1) is 22.2 Å². The Bertz CT molecular complexity index is 3520. The van der Waals surface area contributed by atoms with E-state index in [1.165, 1.54) is 98.5 Å². The van der Waals surface area contributed by atoms with E-state index in [1.807, 2.05) is 0 Å². The van der Waals surface area contributed by atoms with Gasteiger partial charge in [-0.3, -0.25) is 0 Å². The van der Waals surface area contributed by atoms with Crippen molar-refractivity contribution in [3.05, 3.63) is 218 Å². The van der Waals surface area contributed by atoms with Crippen LogP contribution < -0.4 is 0 Å². The maximum atomic E-state index is 2.48. The predicted molar refractivity (Wildman–Crippen MR) is 246 cm³/mol. The van der Waals surface area contributed by atoms with Gasteiger partial charge in [-0.05, 0) is 115 Å². The maximum absolute atomic E-state index is 2.48. The lowest BCUT2D eigenvalue weighted by Crippen LogP contribution is -1.97. The highest BCUT2D eigenvalue weighted by atomic mass is 15.0. The van der Waals surface area contributed by atoms with Gasteiger partial charge in [0.2, 0.25) is 0 Å². The first-order chi connectivity index (χ1) is 28.8. The van der Waals surface area contributed by atoms with Gasteiger partial charge in [-0.1, -0.05) is 164 Å². The van der Waals surface area contributed by atoms with Gasteiger partial charge < -0.3 is 9.13 Å². The largest absolute Gasteiger partial charge is 0.309 e. The Morgan fingerprint density at radius 3 is 1.40 bits per heavy atom. The van der Waals surface area contributed by atoms with Crippen LogP contribution in [0.25, 0.3) is 110 Å². The molecule has 2 aromatic heterocycles. The second kappa shape index (κ2) is 12.9. The maximum Gasteiger partial charge on any atom is 0.0635 e. The highest BCUT2D eigenvalue weighted by Crippen LogP contribution is 2.42. The third-order valence-electron chi connectivity index (χ3n) is 12.1. The van der Waals surface area contributed by atoms with Crippen molar-refractivity contribution < 1.29 is 0 Å². The van der Waals surface area contributed by atoms with Crippen molar-refractivity contribution in [2.45, 2.75) is 0 Å². The van der Waals surface area contributed by atoms with E-state index in [0.29, 0.717) is 0 Å². The van der Waals surface area contributed by atoms with Crippen LogP contribution in [-0.2, 0) is 0 Å². The molecule has 0 atom stereocenters. The first-order valence-corrected chi connectivity index (χ1v) is 20.0. The highest BCUT2D eigenvalue weighted by Gasteiger charge is 2.20. The van der Waals surface area contributed by atoms with Crippen LogP contribution in [-0.4, -0.2) is 9.13 Å². The molecule has 2 heterocycles. The Kier molecular flexibility index (Phi) is 7.26. The smallest absolute Gasteiger partial charge is 0.0635 e. The molecule has 0 aliphatic rings. The van der Waals surface area contributed by atoms with E-state index in [4.69, 9.17) is 0 Å². The van der Waals surface area contributed by atoms with Crippen LogP contribution in [0, 0.1) is 0 Å². The number of hydrogen-bond donors (Lipinski definition) is 0. The minimum Gasteiger partial charge on any atom is -0.309 e. The van der Waals surface area contributed by atoms with Gasteiger partial charge in [0, 0.05) is 27.5 Å². The van der Waals surface area contributed by atoms with Crippen LogP contribution in [0.15, 0.2) is 218 Å². The summed E-state index contributed by atoms with van der Waals surface area (Å²) in [5.74, 6) is 0.